The molecule has 0 radical (unpaired) electrons. The molecular weight excluding hydrogens is 379 g/mol. The van der Waals surface area contributed by atoms with E-state index in [0.717, 1.165) is 12.8 Å². The Kier molecular flexibility index (Phi) is 27.8. The first-order valence-electron chi connectivity index (χ1n) is 12.2. The molecule has 0 aromatic rings. The van der Waals surface area contributed by atoms with E-state index in [1.165, 1.54) is 83.5 Å². The molecule has 0 rings (SSSR count). The van der Waals surface area contributed by atoms with Crippen LogP contribution in [0.5, 0.6) is 0 Å². The van der Waals surface area contributed by atoms with Crippen molar-refractivity contribution in [3.8, 4) is 0 Å². The summed E-state index contributed by atoms with van der Waals surface area (Å²) in [6.07, 6.45) is 20.5. The van der Waals surface area contributed by atoms with Crippen molar-refractivity contribution in [1.82, 2.24) is 0 Å². The molecule has 0 aliphatic carbocycles. The number of carbonyl (C=O) groups is 1. The van der Waals surface area contributed by atoms with Crippen LogP contribution in [0.25, 0.3) is 0 Å². The zero-order chi connectivity index (χ0) is 22.2. The van der Waals surface area contributed by atoms with Crippen molar-refractivity contribution in [2.24, 2.45) is 0 Å². The number of hydrogen-bond acceptors (Lipinski definition) is 4. The molecule has 4 nitrogen and oxygen atoms in total. The third-order valence-corrected chi connectivity index (χ3v) is 5.95. The predicted molar refractivity (Wildman–Crippen MR) is 123 cm³/mol. The second-order valence-corrected chi connectivity index (χ2v) is 9.27. The van der Waals surface area contributed by atoms with Crippen molar-refractivity contribution in [1.29, 1.82) is 0 Å². The van der Waals surface area contributed by atoms with Crippen molar-refractivity contribution in [3.63, 3.8) is 0 Å². The second-order valence-electron chi connectivity index (χ2n) is 8.54. The van der Waals surface area contributed by atoms with Crippen LogP contribution in [0.2, 0.25) is 0 Å². The van der Waals surface area contributed by atoms with Gasteiger partial charge in [-0.05, 0) is 12.8 Å². The fraction of sp³-hybridized carbons (Fsp3) is 0.958. The Morgan fingerprint density at radius 3 is 1.24 bits per heavy atom. The molecule has 0 aromatic heterocycles. The summed E-state index contributed by atoms with van der Waals surface area (Å²) < 4.78 is 10.4. The first-order chi connectivity index (χ1) is 13.9. The van der Waals surface area contributed by atoms with Crippen LogP contribution < -0.4 is 5.11 Å². The fourth-order valence-corrected chi connectivity index (χ4v) is 3.40. The molecule has 0 saturated carbocycles. The van der Waals surface area contributed by atoms with Crippen LogP contribution in [-0.4, -0.2) is 34.1 Å². The molecule has 0 atom stereocenters. The van der Waals surface area contributed by atoms with E-state index >= 15 is 0 Å². The Morgan fingerprint density at radius 1 is 0.655 bits per heavy atom. The zero-order valence-electron chi connectivity index (χ0n) is 20.2. The number of hydrogen-bond donors (Lipinski definition) is 0. The van der Waals surface area contributed by atoms with Crippen molar-refractivity contribution < 1.29 is 17.5 Å². The molecule has 0 amide bonds. The smallest absolute Gasteiger partial charge is 0.0414 e. The minimum absolute atomic E-state index is 0.234. The summed E-state index contributed by atoms with van der Waals surface area (Å²) in [7, 11) is 0. The summed E-state index contributed by atoms with van der Waals surface area (Å²) in [5.74, 6) is -0.903. The predicted octanol–water partition coefficient (Wildman–Crippen LogP) is 6.37. The van der Waals surface area contributed by atoms with Crippen LogP contribution >= 0.6 is 0 Å². The van der Waals surface area contributed by atoms with Crippen molar-refractivity contribution >= 4 is 21.9 Å². The molecule has 29 heavy (non-hydrogen) atoms. The van der Waals surface area contributed by atoms with E-state index in [1.54, 1.807) is 0 Å². The minimum atomic E-state index is -0.903. The first kappa shape index (κ1) is 31.1. The van der Waals surface area contributed by atoms with Gasteiger partial charge in [0.15, 0.2) is 0 Å². The van der Waals surface area contributed by atoms with Crippen LogP contribution in [0.4, 0.5) is 0 Å². The molecule has 0 spiro atoms. The topological polar surface area (TPSA) is 58.6 Å². The molecule has 0 fully saturated rings. The van der Waals surface area contributed by atoms with Crippen molar-refractivity contribution in [2.45, 2.75) is 150 Å². The maximum Gasteiger partial charge on any atom is 0.0414 e. The van der Waals surface area contributed by atoms with E-state index in [9.17, 15) is 9.90 Å². The van der Waals surface area contributed by atoms with Crippen molar-refractivity contribution in [2.75, 3.05) is 0 Å². The van der Waals surface area contributed by atoms with Gasteiger partial charge < -0.3 is 9.90 Å². The molecule has 5 heteroatoms. The molecule has 0 unspecified atom stereocenters. The number of carboxylic acids is 1. The van der Waals surface area contributed by atoms with Gasteiger partial charge in [0.25, 0.3) is 0 Å². The van der Waals surface area contributed by atoms with Gasteiger partial charge in [-0.15, -0.1) is 0 Å². The number of carbonyl (C=O) groups excluding carboxylic acids is 1. The van der Waals surface area contributed by atoms with Gasteiger partial charge in [0.2, 0.25) is 0 Å². The molecule has 0 saturated heterocycles. The monoisotopic (exact) mass is 428 g/mol. The van der Waals surface area contributed by atoms with Crippen LogP contribution in [0.15, 0.2) is 0 Å². The van der Waals surface area contributed by atoms with Gasteiger partial charge >= 0.3 is 63.4 Å². The Hall–Kier alpha value is -0.0775. The van der Waals surface area contributed by atoms with Gasteiger partial charge in [-0.3, -0.25) is 0 Å². The Balaban J connectivity index is 0. The van der Waals surface area contributed by atoms with Gasteiger partial charge in [-0.1, -0.05) is 96.8 Å². The maximum atomic E-state index is 10.2. The van der Waals surface area contributed by atoms with E-state index in [0.29, 0.717) is 12.2 Å². The van der Waals surface area contributed by atoms with Crippen LogP contribution in [0.1, 0.15) is 137 Å². The zero-order valence-corrected chi connectivity index (χ0v) is 21.3. The molecule has 0 heterocycles. The van der Waals surface area contributed by atoms with E-state index in [2.05, 4.69) is 6.92 Å². The summed E-state index contributed by atoms with van der Waals surface area (Å²) in [5.41, 5.74) is 0. The third-order valence-electron chi connectivity index (χ3n) is 4.64. The van der Waals surface area contributed by atoms with Gasteiger partial charge in [0.1, 0.15) is 0 Å². The van der Waals surface area contributed by atoms with Gasteiger partial charge in [-0.2, -0.15) is 0 Å². The van der Waals surface area contributed by atoms with Gasteiger partial charge in [0, 0.05) is 5.97 Å². The number of carboxylic acid groups (broad SMARTS) is 1. The molecule has 0 aliphatic heterocycles. The van der Waals surface area contributed by atoms with E-state index in [-0.39, 0.29) is 22.3 Å². The number of aliphatic carboxylic acids is 1. The molecule has 172 valence electrons. The van der Waals surface area contributed by atoms with Crippen LogP contribution in [0.3, 0.4) is 0 Å². The summed E-state index contributed by atoms with van der Waals surface area (Å²) >= 11 is -0.245. The largest absolute Gasteiger partial charge is 0.550 e. The standard InChI is InChI=1S/C18H36O2.2C3H7O.Al/c1-2-3-4-5-6-7-8-9-10-11-12-13-14-15-16-17-18(19)20;2*1-3(2)4;/h2-17H2,1H3,(H,19,20);2*3H,1-2H3;/q;2*-1;+3/p-1. The summed E-state index contributed by atoms with van der Waals surface area (Å²) in [4.78, 5) is 10.2. The SMILES string of the molecule is CC(C)[O][Al+][O]C(C)C.CCCCCCCCCCCCCCCCCC(=O)[O-]. The van der Waals surface area contributed by atoms with E-state index in [4.69, 9.17) is 7.58 Å². The quantitative estimate of drug-likeness (QED) is 0.167. The molecule has 0 bridgehead atoms. The molecule has 0 aromatic carbocycles. The van der Waals surface area contributed by atoms with E-state index in [1.807, 2.05) is 27.7 Å². The molecular formula is C24H49AlO4. The Bertz CT molecular complexity index is 314. The summed E-state index contributed by atoms with van der Waals surface area (Å²) in [6, 6.07) is 0. The second kappa shape index (κ2) is 26.0. The van der Waals surface area contributed by atoms with Gasteiger partial charge in [0.05, 0.1) is 0 Å². The van der Waals surface area contributed by atoms with Crippen LogP contribution in [-0.2, 0) is 12.4 Å². The fourth-order valence-electron chi connectivity index (χ4n) is 2.89. The first-order valence-corrected chi connectivity index (χ1v) is 13.2. The Labute approximate surface area is 188 Å². The minimum Gasteiger partial charge on any atom is -0.550 e. The summed E-state index contributed by atoms with van der Waals surface area (Å²) in [6.45, 7) is 10.3. The Morgan fingerprint density at radius 2 is 0.966 bits per heavy atom. The normalized spacial score (nSPS) is 10.7. The average Bonchev–Trinajstić information content (AvgIpc) is 2.64. The average molecular weight is 429 g/mol. The number of rotatable bonds is 20. The number of unbranched alkanes of at least 4 members (excludes halogenated alkanes) is 14. The van der Waals surface area contributed by atoms with Crippen molar-refractivity contribution in [3.05, 3.63) is 0 Å². The third kappa shape index (κ3) is 35.7. The van der Waals surface area contributed by atoms with Gasteiger partial charge in [-0.25, -0.2) is 0 Å². The maximum absolute atomic E-state index is 10.2. The molecule has 0 aliphatic rings. The summed E-state index contributed by atoms with van der Waals surface area (Å²) in [5, 5.41) is 10.2. The van der Waals surface area contributed by atoms with E-state index < -0.39 is 5.97 Å². The van der Waals surface area contributed by atoms with Crippen LogP contribution in [0, 0.1) is 0 Å². The molecule has 0 N–H and O–H groups in total.